The smallest absolute Gasteiger partial charge is 0.231 e. The standard InChI is InChI=1S/C17H22N4O/c1-11-14(12(2)20(3)19-11)10-17(22)21-9-5-6-13-15(18)7-4-8-16(13)21/h4,7-8H,5-6,9-10,18H2,1-3H3. The van der Waals surface area contributed by atoms with Crippen LogP contribution in [-0.4, -0.2) is 22.2 Å². The Hall–Kier alpha value is -2.30. The van der Waals surface area contributed by atoms with E-state index in [1.165, 1.54) is 0 Å². The number of hydrogen-bond donors (Lipinski definition) is 1. The summed E-state index contributed by atoms with van der Waals surface area (Å²) in [5.74, 6) is 0.116. The van der Waals surface area contributed by atoms with Gasteiger partial charge in [-0.1, -0.05) is 6.07 Å². The van der Waals surface area contributed by atoms with Crippen molar-refractivity contribution in [3.05, 3.63) is 40.7 Å². The van der Waals surface area contributed by atoms with Crippen molar-refractivity contribution < 1.29 is 4.79 Å². The van der Waals surface area contributed by atoms with Gasteiger partial charge >= 0.3 is 0 Å². The monoisotopic (exact) mass is 298 g/mol. The molecule has 0 aliphatic carbocycles. The number of amides is 1. The Balaban J connectivity index is 1.90. The van der Waals surface area contributed by atoms with Gasteiger partial charge in [0.05, 0.1) is 12.1 Å². The fraction of sp³-hybridized carbons (Fsp3) is 0.412. The predicted molar refractivity (Wildman–Crippen MR) is 87.9 cm³/mol. The van der Waals surface area contributed by atoms with E-state index in [0.717, 1.165) is 53.3 Å². The van der Waals surface area contributed by atoms with Gasteiger partial charge in [0.2, 0.25) is 5.91 Å². The average Bonchev–Trinajstić information content (AvgIpc) is 2.73. The van der Waals surface area contributed by atoms with Crippen molar-refractivity contribution >= 4 is 17.3 Å². The van der Waals surface area contributed by atoms with E-state index in [2.05, 4.69) is 5.10 Å². The number of carbonyl (C=O) groups excluding carboxylic acids is 1. The maximum atomic E-state index is 12.8. The second-order valence-electron chi connectivity index (χ2n) is 5.94. The minimum absolute atomic E-state index is 0.116. The summed E-state index contributed by atoms with van der Waals surface area (Å²) in [6, 6.07) is 5.81. The molecular formula is C17H22N4O. The largest absolute Gasteiger partial charge is 0.398 e. The first kappa shape index (κ1) is 14.6. The molecule has 0 saturated carbocycles. The highest BCUT2D eigenvalue weighted by Crippen LogP contribution is 2.31. The maximum Gasteiger partial charge on any atom is 0.231 e. The molecule has 0 radical (unpaired) electrons. The number of rotatable bonds is 2. The van der Waals surface area contributed by atoms with Gasteiger partial charge in [-0.25, -0.2) is 0 Å². The second-order valence-corrected chi connectivity index (χ2v) is 5.94. The van der Waals surface area contributed by atoms with Gasteiger partial charge in [-0.05, 0) is 44.4 Å². The van der Waals surface area contributed by atoms with Gasteiger partial charge in [0.1, 0.15) is 0 Å². The molecule has 0 atom stereocenters. The SMILES string of the molecule is Cc1nn(C)c(C)c1CC(=O)N1CCCc2c(N)cccc21. The number of benzene rings is 1. The van der Waals surface area contributed by atoms with E-state index in [1.54, 1.807) is 0 Å². The summed E-state index contributed by atoms with van der Waals surface area (Å²) >= 11 is 0. The van der Waals surface area contributed by atoms with E-state index < -0.39 is 0 Å². The minimum Gasteiger partial charge on any atom is -0.398 e. The number of aromatic nitrogens is 2. The summed E-state index contributed by atoms with van der Waals surface area (Å²) in [5, 5.41) is 4.39. The number of carbonyl (C=O) groups is 1. The highest BCUT2D eigenvalue weighted by molar-refractivity contribution is 5.96. The van der Waals surface area contributed by atoms with Crippen LogP contribution in [0.2, 0.25) is 0 Å². The summed E-state index contributed by atoms with van der Waals surface area (Å²) in [5.41, 5.74) is 11.9. The molecule has 0 bridgehead atoms. The van der Waals surface area contributed by atoms with Crippen molar-refractivity contribution in [2.45, 2.75) is 33.1 Å². The van der Waals surface area contributed by atoms with Crippen molar-refractivity contribution in [2.75, 3.05) is 17.2 Å². The summed E-state index contributed by atoms with van der Waals surface area (Å²) < 4.78 is 1.83. The van der Waals surface area contributed by atoms with Crippen molar-refractivity contribution in [1.29, 1.82) is 0 Å². The lowest BCUT2D eigenvalue weighted by atomic mass is 9.99. The predicted octanol–water partition coefficient (Wildman–Crippen LogP) is 2.14. The summed E-state index contributed by atoms with van der Waals surface area (Å²) in [4.78, 5) is 14.7. The fourth-order valence-corrected chi connectivity index (χ4v) is 3.23. The molecular weight excluding hydrogens is 276 g/mol. The number of nitrogens with zero attached hydrogens (tertiary/aromatic N) is 3. The van der Waals surface area contributed by atoms with Gasteiger partial charge in [-0.15, -0.1) is 0 Å². The Bertz CT molecular complexity index is 733. The van der Waals surface area contributed by atoms with Crippen LogP contribution in [0.15, 0.2) is 18.2 Å². The van der Waals surface area contributed by atoms with E-state index in [9.17, 15) is 4.79 Å². The van der Waals surface area contributed by atoms with Crippen molar-refractivity contribution in [2.24, 2.45) is 7.05 Å². The lowest BCUT2D eigenvalue weighted by Gasteiger charge is -2.30. The third-order valence-electron chi connectivity index (χ3n) is 4.57. The molecule has 2 aromatic rings. The molecule has 22 heavy (non-hydrogen) atoms. The second kappa shape index (κ2) is 5.48. The van der Waals surface area contributed by atoms with Gasteiger partial charge in [-0.3, -0.25) is 9.48 Å². The molecule has 0 spiro atoms. The molecule has 0 fully saturated rings. The first-order valence-corrected chi connectivity index (χ1v) is 7.66. The molecule has 1 aromatic heterocycles. The van der Waals surface area contributed by atoms with Crippen molar-refractivity contribution in [3.63, 3.8) is 0 Å². The number of hydrogen-bond acceptors (Lipinski definition) is 3. The molecule has 0 unspecified atom stereocenters. The minimum atomic E-state index is 0.116. The zero-order chi connectivity index (χ0) is 15.9. The number of anilines is 2. The summed E-state index contributed by atoms with van der Waals surface area (Å²) in [7, 11) is 1.91. The lowest BCUT2D eigenvalue weighted by molar-refractivity contribution is -0.118. The normalized spacial score (nSPS) is 14.0. The number of nitrogens with two attached hydrogens (primary N) is 1. The summed E-state index contributed by atoms with van der Waals surface area (Å²) in [6.45, 7) is 4.72. The Morgan fingerprint density at radius 1 is 1.36 bits per heavy atom. The fourth-order valence-electron chi connectivity index (χ4n) is 3.23. The molecule has 1 aliphatic rings. The molecule has 5 nitrogen and oxygen atoms in total. The van der Waals surface area contributed by atoms with Crippen LogP contribution in [-0.2, 0) is 24.7 Å². The number of aryl methyl sites for hydroxylation is 2. The third-order valence-corrected chi connectivity index (χ3v) is 4.57. The van der Waals surface area contributed by atoms with Crippen LogP contribution in [0.25, 0.3) is 0 Å². The van der Waals surface area contributed by atoms with Crippen molar-refractivity contribution in [1.82, 2.24) is 9.78 Å². The number of fused-ring (bicyclic) bond motifs is 1. The van der Waals surface area contributed by atoms with E-state index in [1.807, 2.05) is 48.7 Å². The van der Waals surface area contributed by atoms with Gasteiger partial charge < -0.3 is 10.6 Å². The van der Waals surface area contributed by atoms with E-state index in [4.69, 9.17) is 5.73 Å². The van der Waals surface area contributed by atoms with Crippen LogP contribution in [0.3, 0.4) is 0 Å². The molecule has 0 saturated heterocycles. The van der Waals surface area contributed by atoms with Crippen LogP contribution in [0.4, 0.5) is 11.4 Å². The maximum absolute atomic E-state index is 12.8. The van der Waals surface area contributed by atoms with Crippen LogP contribution in [0.5, 0.6) is 0 Å². The zero-order valence-corrected chi connectivity index (χ0v) is 13.4. The van der Waals surface area contributed by atoms with Gasteiger partial charge in [0, 0.05) is 36.2 Å². The van der Waals surface area contributed by atoms with E-state index in [0.29, 0.717) is 6.42 Å². The van der Waals surface area contributed by atoms with Crippen molar-refractivity contribution in [3.8, 4) is 0 Å². The third kappa shape index (κ3) is 2.36. The Kier molecular flexibility index (Phi) is 3.64. The first-order chi connectivity index (χ1) is 10.5. The Morgan fingerprint density at radius 2 is 2.14 bits per heavy atom. The average molecular weight is 298 g/mol. The quantitative estimate of drug-likeness (QED) is 0.864. The molecule has 3 rings (SSSR count). The topological polar surface area (TPSA) is 64.2 Å². The van der Waals surface area contributed by atoms with Crippen LogP contribution in [0, 0.1) is 13.8 Å². The molecule has 1 aliphatic heterocycles. The first-order valence-electron chi connectivity index (χ1n) is 7.66. The molecule has 1 amide bonds. The zero-order valence-electron chi connectivity index (χ0n) is 13.4. The molecule has 1 aromatic carbocycles. The molecule has 2 heterocycles. The van der Waals surface area contributed by atoms with Crippen LogP contribution in [0.1, 0.15) is 28.9 Å². The molecule has 116 valence electrons. The summed E-state index contributed by atoms with van der Waals surface area (Å²) in [6.07, 6.45) is 2.29. The van der Waals surface area contributed by atoms with E-state index >= 15 is 0 Å². The van der Waals surface area contributed by atoms with Crippen LogP contribution < -0.4 is 10.6 Å². The van der Waals surface area contributed by atoms with Gasteiger partial charge in [0.25, 0.3) is 0 Å². The molecule has 2 N–H and O–H groups in total. The Morgan fingerprint density at radius 3 is 2.82 bits per heavy atom. The highest BCUT2D eigenvalue weighted by Gasteiger charge is 2.25. The Labute approximate surface area is 130 Å². The highest BCUT2D eigenvalue weighted by atomic mass is 16.2. The van der Waals surface area contributed by atoms with Crippen LogP contribution >= 0.6 is 0 Å². The number of nitrogen functional groups attached to an aromatic ring is 1. The van der Waals surface area contributed by atoms with E-state index in [-0.39, 0.29) is 5.91 Å². The lowest BCUT2D eigenvalue weighted by Crippen LogP contribution is -2.37. The van der Waals surface area contributed by atoms with Gasteiger partial charge in [-0.2, -0.15) is 5.10 Å². The van der Waals surface area contributed by atoms with Gasteiger partial charge in [0.15, 0.2) is 0 Å². The molecule has 5 heteroatoms.